The maximum absolute atomic E-state index is 16.4. The van der Waals surface area contributed by atoms with E-state index in [9.17, 15) is 24.0 Å². The number of halogens is 2. The van der Waals surface area contributed by atoms with E-state index in [0.717, 1.165) is 40.1 Å². The van der Waals surface area contributed by atoms with Gasteiger partial charge in [0.05, 0.1) is 11.1 Å². The summed E-state index contributed by atoms with van der Waals surface area (Å²) in [7, 11) is 0. The van der Waals surface area contributed by atoms with Crippen LogP contribution in [0.2, 0.25) is 0 Å². The smallest absolute Gasteiger partial charge is 0.262 e. The Bertz CT molecular complexity index is 2890. The number of aromatic nitrogens is 4. The Morgan fingerprint density at radius 2 is 1.64 bits per heavy atom. The number of amides is 5. The van der Waals surface area contributed by atoms with E-state index in [1.165, 1.54) is 6.07 Å². The molecule has 0 aliphatic carbocycles. The number of ether oxygens (including phenoxy) is 1. The second-order valence-electron chi connectivity index (χ2n) is 18.5. The molecule has 11 rings (SSSR count). The Labute approximate surface area is 383 Å². The van der Waals surface area contributed by atoms with Crippen molar-refractivity contribution in [1.82, 2.24) is 39.8 Å². The predicted molar refractivity (Wildman–Crippen MR) is 242 cm³/mol. The van der Waals surface area contributed by atoms with Crippen molar-refractivity contribution in [3.8, 4) is 17.0 Å². The molecule has 0 saturated carbocycles. The molecule has 3 N–H and O–H groups in total. The van der Waals surface area contributed by atoms with Crippen molar-refractivity contribution in [1.29, 1.82) is 0 Å². The second kappa shape index (κ2) is 16.7. The number of carbonyl (C=O) groups excluding carboxylic acids is 5. The molecule has 67 heavy (non-hydrogen) atoms. The highest BCUT2D eigenvalue weighted by atomic mass is 19.1. The minimum absolute atomic E-state index is 0.00500. The number of alkyl halides is 1. The molecule has 3 aromatic heterocycles. The minimum atomic E-state index is -1.40. The zero-order chi connectivity index (χ0) is 46.1. The lowest BCUT2D eigenvalue weighted by Gasteiger charge is -2.43. The number of nitrogens with one attached hydrogen (secondary N) is 3. The van der Waals surface area contributed by atoms with Crippen LogP contribution >= 0.6 is 0 Å². The summed E-state index contributed by atoms with van der Waals surface area (Å²) in [5.74, 6) is -0.983. The number of carbonyl (C=O) groups is 5. The Kier molecular flexibility index (Phi) is 10.6. The lowest BCUT2D eigenvalue weighted by atomic mass is 9.91. The van der Waals surface area contributed by atoms with Crippen LogP contribution in [0.3, 0.4) is 0 Å². The molecular formula is C48H49F2N11O6. The van der Waals surface area contributed by atoms with Crippen LogP contribution in [-0.4, -0.2) is 134 Å². The second-order valence-corrected chi connectivity index (χ2v) is 18.5. The predicted octanol–water partition coefficient (Wildman–Crippen LogP) is 4.75. The number of hydrogen-bond donors (Lipinski definition) is 3. The van der Waals surface area contributed by atoms with Crippen molar-refractivity contribution >= 4 is 63.3 Å². The molecule has 1 atom stereocenters. The normalized spacial score (nSPS) is 21.1. The fraction of sp³-hybridized carbons (Fsp3) is 0.417. The third-order valence-corrected chi connectivity index (χ3v) is 14.3. The molecule has 346 valence electrons. The molecule has 17 nitrogen and oxygen atoms in total. The number of benzene rings is 2. The molecule has 6 aliphatic rings. The third kappa shape index (κ3) is 7.87. The van der Waals surface area contributed by atoms with Gasteiger partial charge in [-0.15, -0.1) is 0 Å². The quantitative estimate of drug-likeness (QED) is 0.181. The van der Waals surface area contributed by atoms with E-state index >= 15 is 8.78 Å². The maximum atomic E-state index is 16.4. The van der Waals surface area contributed by atoms with Crippen LogP contribution < -0.4 is 25.6 Å². The van der Waals surface area contributed by atoms with E-state index in [2.05, 4.69) is 30.8 Å². The van der Waals surface area contributed by atoms with Gasteiger partial charge < -0.3 is 30.1 Å². The maximum Gasteiger partial charge on any atom is 0.262 e. The fourth-order valence-electron chi connectivity index (χ4n) is 10.7. The van der Waals surface area contributed by atoms with Crippen LogP contribution in [0.25, 0.3) is 21.9 Å². The standard InChI is InChI=1S/C48H49F2N11O6/c1-27-36(24-53-45-43(27)51-11-17-67-45)34-18-28-20-39(52-23-29(28)19-37(34)49)54-40-22-32-8-14-59(42(63)25-60(32)56-40)30-6-12-57(13-7-30)26-48(50)9-15-58(16-10-48)31-2-3-33-35(21-31)47(66)61(46(33)65)38-4-5-41(62)55-44(38)64/h2-3,18-24,30,38,51H,4-17,25-26H2,1H3,(H,52,54,56)(H,55,62,64). The van der Waals surface area contributed by atoms with Crippen LogP contribution in [0.4, 0.5) is 31.8 Å². The molecule has 2 aromatic carbocycles. The molecule has 0 spiro atoms. The average Bonchev–Trinajstić information content (AvgIpc) is 3.75. The molecule has 0 radical (unpaired) electrons. The SMILES string of the molecule is Cc1c(-c2cc3cc(Nc4cc5n(n4)CC(=O)N(C4CCN(CC6(F)CCN(c7ccc8c(c7)C(=O)N(C7CCC(=O)NC7=O)C8=O)CC6)CC4)CC5)ncc3cc2F)cnc2c1NCCO2. The topological polar surface area (TPSA) is 187 Å². The number of rotatable bonds is 8. The van der Waals surface area contributed by atoms with E-state index in [1.807, 2.05) is 28.9 Å². The zero-order valence-corrected chi connectivity index (χ0v) is 36.9. The van der Waals surface area contributed by atoms with Gasteiger partial charge >= 0.3 is 0 Å². The van der Waals surface area contributed by atoms with Gasteiger partial charge in [0.2, 0.25) is 23.6 Å². The summed E-state index contributed by atoms with van der Waals surface area (Å²) in [6.07, 6.45) is 6.10. The van der Waals surface area contributed by atoms with E-state index in [4.69, 9.17) is 9.84 Å². The summed E-state index contributed by atoms with van der Waals surface area (Å²) in [6, 6.07) is 11.1. The highest BCUT2D eigenvalue weighted by Gasteiger charge is 2.45. The highest BCUT2D eigenvalue weighted by molar-refractivity contribution is 6.23. The van der Waals surface area contributed by atoms with Gasteiger partial charge in [0.25, 0.3) is 11.8 Å². The Balaban J connectivity index is 0.673. The van der Waals surface area contributed by atoms with Gasteiger partial charge in [-0.05, 0) is 73.5 Å². The zero-order valence-electron chi connectivity index (χ0n) is 36.9. The van der Waals surface area contributed by atoms with Crippen molar-refractivity contribution < 1.29 is 37.5 Å². The van der Waals surface area contributed by atoms with E-state index in [1.54, 1.807) is 41.3 Å². The molecular weight excluding hydrogens is 865 g/mol. The molecule has 5 amide bonds. The summed E-state index contributed by atoms with van der Waals surface area (Å²) in [6.45, 7) is 6.27. The summed E-state index contributed by atoms with van der Waals surface area (Å²) in [4.78, 5) is 80.4. The lowest BCUT2D eigenvalue weighted by molar-refractivity contribution is -0.136. The molecule has 3 saturated heterocycles. The van der Waals surface area contributed by atoms with Gasteiger partial charge in [-0.3, -0.25) is 38.9 Å². The number of nitrogens with zero attached hydrogens (tertiary/aromatic N) is 8. The number of likely N-dealkylation sites (tertiary alicyclic amines) is 1. The van der Waals surface area contributed by atoms with E-state index in [0.29, 0.717) is 111 Å². The first-order chi connectivity index (χ1) is 32.4. The Morgan fingerprint density at radius 3 is 2.45 bits per heavy atom. The summed E-state index contributed by atoms with van der Waals surface area (Å²) < 4.78 is 39.3. The van der Waals surface area contributed by atoms with Gasteiger partial charge in [0, 0.05) is 124 Å². The van der Waals surface area contributed by atoms with Crippen LogP contribution in [0, 0.1) is 12.7 Å². The van der Waals surface area contributed by atoms with Crippen molar-refractivity contribution in [3.63, 3.8) is 0 Å². The molecule has 1 unspecified atom stereocenters. The van der Waals surface area contributed by atoms with Gasteiger partial charge in [0.1, 0.15) is 42.2 Å². The minimum Gasteiger partial charge on any atom is -0.474 e. The van der Waals surface area contributed by atoms with Gasteiger partial charge in [-0.1, -0.05) is 0 Å². The summed E-state index contributed by atoms with van der Waals surface area (Å²) >= 11 is 0. The number of hydrogen-bond acceptors (Lipinski definition) is 13. The molecule has 0 bridgehead atoms. The fourth-order valence-corrected chi connectivity index (χ4v) is 10.7. The molecule has 9 heterocycles. The first-order valence-corrected chi connectivity index (χ1v) is 23.0. The number of imide groups is 2. The third-order valence-electron chi connectivity index (χ3n) is 14.3. The van der Waals surface area contributed by atoms with Gasteiger partial charge in [-0.2, -0.15) is 5.10 Å². The van der Waals surface area contributed by atoms with Crippen molar-refractivity contribution in [2.24, 2.45) is 0 Å². The van der Waals surface area contributed by atoms with Crippen LogP contribution in [0.5, 0.6) is 5.88 Å². The van der Waals surface area contributed by atoms with Gasteiger partial charge in [-0.25, -0.2) is 18.7 Å². The van der Waals surface area contributed by atoms with Crippen LogP contribution in [0.15, 0.2) is 54.9 Å². The molecule has 5 aromatic rings. The number of anilines is 4. The van der Waals surface area contributed by atoms with Crippen molar-refractivity contribution in [3.05, 3.63) is 83.1 Å². The number of pyridine rings is 2. The van der Waals surface area contributed by atoms with Gasteiger partial charge in [0.15, 0.2) is 5.82 Å². The number of fused-ring (bicyclic) bond motifs is 4. The average molecular weight is 914 g/mol. The first-order valence-electron chi connectivity index (χ1n) is 23.0. The highest BCUT2D eigenvalue weighted by Crippen LogP contribution is 2.39. The summed E-state index contributed by atoms with van der Waals surface area (Å²) in [5.41, 5.74) is 3.38. The first kappa shape index (κ1) is 42.6. The molecule has 3 fully saturated rings. The molecule has 19 heteroatoms. The van der Waals surface area contributed by atoms with E-state index in [-0.39, 0.29) is 48.3 Å². The lowest BCUT2D eigenvalue weighted by Crippen LogP contribution is -2.54. The Hall–Kier alpha value is -7.02. The largest absolute Gasteiger partial charge is 0.474 e. The number of piperidine rings is 3. The van der Waals surface area contributed by atoms with Crippen molar-refractivity contribution in [2.75, 3.05) is 68.0 Å². The van der Waals surface area contributed by atoms with Crippen LogP contribution in [0.1, 0.15) is 70.5 Å². The van der Waals surface area contributed by atoms with Crippen molar-refractivity contribution in [2.45, 2.75) is 76.2 Å². The van der Waals surface area contributed by atoms with E-state index < -0.39 is 35.3 Å². The Morgan fingerprint density at radius 1 is 0.836 bits per heavy atom. The molecule has 6 aliphatic heterocycles. The van der Waals surface area contributed by atoms with Crippen LogP contribution in [-0.2, 0) is 27.3 Å². The monoisotopic (exact) mass is 913 g/mol. The summed E-state index contributed by atoms with van der Waals surface area (Å²) in [5, 5.41) is 15.0.